The van der Waals surface area contributed by atoms with Crippen LogP contribution in [0.1, 0.15) is 40.0 Å². The van der Waals surface area contributed by atoms with Crippen molar-refractivity contribution >= 4 is 0 Å². The molecule has 0 aromatic heterocycles. The van der Waals surface area contributed by atoms with Gasteiger partial charge in [0.05, 0.1) is 0 Å². The van der Waals surface area contributed by atoms with Crippen LogP contribution < -0.4 is 34.7 Å². The first-order chi connectivity index (χ1) is 5.16. The molecule has 0 amide bonds. The molecule has 0 aliphatic rings. The van der Waals surface area contributed by atoms with E-state index in [-0.39, 0.29) is 36.2 Å². The Kier molecular flexibility index (Phi) is 12.4. The second-order valence-corrected chi connectivity index (χ2v) is 3.46. The zero-order chi connectivity index (χ0) is 8.69. The Bertz CT molecular complexity index is 117. The van der Waals surface area contributed by atoms with Gasteiger partial charge in [-0.15, -0.1) is 6.61 Å². The second kappa shape index (κ2) is 9.79. The van der Waals surface area contributed by atoms with Gasteiger partial charge >= 0.3 is 29.6 Å². The van der Waals surface area contributed by atoms with E-state index in [1.807, 2.05) is 0 Å². The fraction of sp³-hybridized carbons (Fsp3) is 0.800. The minimum Gasteiger partial charge on any atom is -0.854 e. The third kappa shape index (κ3) is 10.7. The molecule has 1 atom stereocenters. The summed E-state index contributed by atoms with van der Waals surface area (Å²) < 4.78 is 0. The van der Waals surface area contributed by atoms with Crippen LogP contribution in [0.3, 0.4) is 0 Å². The Morgan fingerprint density at radius 3 is 2.33 bits per heavy atom. The molecule has 0 fully saturated rings. The van der Waals surface area contributed by atoms with Crippen LogP contribution >= 0.6 is 0 Å². The molecule has 0 heterocycles. The first kappa shape index (κ1) is 15.2. The SMILES string of the molecule is CC(C)=CCCC(C)CC[O-].[Na+]. The van der Waals surface area contributed by atoms with Crippen molar-refractivity contribution in [2.75, 3.05) is 6.61 Å². The predicted octanol–water partition coefficient (Wildman–Crippen LogP) is -0.877. The van der Waals surface area contributed by atoms with Crippen LogP contribution in [0.2, 0.25) is 0 Å². The third-order valence-corrected chi connectivity index (χ3v) is 1.82. The normalized spacial score (nSPS) is 11.7. The van der Waals surface area contributed by atoms with Crippen molar-refractivity contribution in [3.8, 4) is 0 Å². The van der Waals surface area contributed by atoms with Crippen molar-refractivity contribution in [1.29, 1.82) is 0 Å². The van der Waals surface area contributed by atoms with E-state index < -0.39 is 0 Å². The maximum Gasteiger partial charge on any atom is 1.00 e. The predicted molar refractivity (Wildman–Crippen MR) is 47.3 cm³/mol. The monoisotopic (exact) mass is 178 g/mol. The molecule has 0 aromatic carbocycles. The van der Waals surface area contributed by atoms with E-state index in [1.165, 1.54) is 5.57 Å². The minimum absolute atomic E-state index is 0. The van der Waals surface area contributed by atoms with Crippen molar-refractivity contribution in [3.05, 3.63) is 11.6 Å². The van der Waals surface area contributed by atoms with Crippen LogP contribution in [0.15, 0.2) is 11.6 Å². The third-order valence-electron chi connectivity index (χ3n) is 1.82. The number of hydrogen-bond donors (Lipinski definition) is 0. The van der Waals surface area contributed by atoms with Gasteiger partial charge in [-0.3, -0.25) is 0 Å². The quantitative estimate of drug-likeness (QED) is 0.396. The Balaban J connectivity index is 0. The molecule has 0 saturated carbocycles. The van der Waals surface area contributed by atoms with Crippen LogP contribution in [0, 0.1) is 5.92 Å². The van der Waals surface area contributed by atoms with E-state index in [0.717, 1.165) is 19.3 Å². The van der Waals surface area contributed by atoms with Crippen LogP contribution in [0.5, 0.6) is 0 Å². The summed E-state index contributed by atoms with van der Waals surface area (Å²) in [5.41, 5.74) is 1.37. The van der Waals surface area contributed by atoms with E-state index in [0.29, 0.717) is 5.92 Å². The minimum atomic E-state index is 0. The molecule has 0 radical (unpaired) electrons. The Labute approximate surface area is 98.5 Å². The van der Waals surface area contributed by atoms with Crippen LogP contribution in [-0.4, -0.2) is 6.61 Å². The molecule has 2 heteroatoms. The number of rotatable bonds is 5. The molecule has 0 bridgehead atoms. The molecule has 0 saturated heterocycles. The largest absolute Gasteiger partial charge is 1.00 e. The molecular formula is C10H19NaO. The average molecular weight is 178 g/mol. The van der Waals surface area contributed by atoms with Gasteiger partial charge in [-0.2, -0.15) is 0 Å². The van der Waals surface area contributed by atoms with Gasteiger partial charge in [0.2, 0.25) is 0 Å². The first-order valence-electron chi connectivity index (χ1n) is 4.38. The van der Waals surface area contributed by atoms with Crippen LogP contribution in [-0.2, 0) is 0 Å². The fourth-order valence-corrected chi connectivity index (χ4v) is 1.00. The van der Waals surface area contributed by atoms with E-state index in [2.05, 4.69) is 26.8 Å². The summed E-state index contributed by atoms with van der Waals surface area (Å²) in [5, 5.41) is 10.2. The summed E-state index contributed by atoms with van der Waals surface area (Å²) in [7, 11) is 0. The average Bonchev–Trinajstić information content (AvgIpc) is 1.87. The van der Waals surface area contributed by atoms with Gasteiger partial charge in [-0.25, -0.2) is 0 Å². The molecule has 0 N–H and O–H groups in total. The van der Waals surface area contributed by atoms with Crippen molar-refractivity contribution in [1.82, 2.24) is 0 Å². The van der Waals surface area contributed by atoms with Gasteiger partial charge in [0.15, 0.2) is 0 Å². The van der Waals surface area contributed by atoms with Gasteiger partial charge in [0.25, 0.3) is 0 Å². The number of allylic oxidation sites excluding steroid dienone is 2. The molecule has 1 unspecified atom stereocenters. The van der Waals surface area contributed by atoms with Gasteiger partial charge in [0, 0.05) is 0 Å². The Hall–Kier alpha value is 0.700. The Morgan fingerprint density at radius 1 is 1.33 bits per heavy atom. The maximum atomic E-state index is 10.2. The molecule has 0 rings (SSSR count). The van der Waals surface area contributed by atoms with Crippen LogP contribution in [0.25, 0.3) is 0 Å². The molecule has 0 aliphatic carbocycles. The van der Waals surface area contributed by atoms with Crippen molar-refractivity contribution in [2.45, 2.75) is 40.0 Å². The van der Waals surface area contributed by atoms with Crippen molar-refractivity contribution in [3.63, 3.8) is 0 Å². The van der Waals surface area contributed by atoms with Crippen molar-refractivity contribution < 1.29 is 34.7 Å². The van der Waals surface area contributed by atoms with E-state index >= 15 is 0 Å². The van der Waals surface area contributed by atoms with E-state index in [4.69, 9.17) is 0 Å². The summed E-state index contributed by atoms with van der Waals surface area (Å²) in [6.45, 7) is 6.45. The molecule has 0 spiro atoms. The number of hydrogen-bond acceptors (Lipinski definition) is 1. The molecule has 0 aliphatic heterocycles. The maximum absolute atomic E-state index is 10.2. The standard InChI is InChI=1S/C10H19O.Na/c1-9(2)5-4-6-10(3)7-8-11;/h5,10H,4,6-8H2,1-3H3;/q-1;+1. The molecule has 12 heavy (non-hydrogen) atoms. The van der Waals surface area contributed by atoms with Gasteiger partial charge in [0.1, 0.15) is 0 Å². The summed E-state index contributed by atoms with van der Waals surface area (Å²) in [6, 6.07) is 0. The first-order valence-corrected chi connectivity index (χ1v) is 4.38. The second-order valence-electron chi connectivity index (χ2n) is 3.46. The topological polar surface area (TPSA) is 23.1 Å². The zero-order valence-electron chi connectivity index (χ0n) is 8.89. The molecular weight excluding hydrogens is 159 g/mol. The summed E-state index contributed by atoms with van der Waals surface area (Å²) in [4.78, 5) is 0. The Morgan fingerprint density at radius 2 is 1.92 bits per heavy atom. The zero-order valence-corrected chi connectivity index (χ0v) is 10.9. The summed E-state index contributed by atoms with van der Waals surface area (Å²) in [6.07, 6.45) is 5.36. The van der Waals surface area contributed by atoms with Crippen LogP contribution in [0.4, 0.5) is 0 Å². The molecule has 1 nitrogen and oxygen atoms in total. The smallest absolute Gasteiger partial charge is 0.854 e. The summed E-state index contributed by atoms with van der Waals surface area (Å²) in [5.74, 6) is 0.600. The van der Waals surface area contributed by atoms with E-state index in [1.54, 1.807) is 0 Å². The van der Waals surface area contributed by atoms with Gasteiger partial charge in [-0.05, 0) is 32.6 Å². The van der Waals surface area contributed by atoms with Gasteiger partial charge in [-0.1, -0.05) is 25.0 Å². The van der Waals surface area contributed by atoms with E-state index in [9.17, 15) is 5.11 Å². The summed E-state index contributed by atoms with van der Waals surface area (Å²) >= 11 is 0. The molecule has 0 aromatic rings. The fourth-order valence-electron chi connectivity index (χ4n) is 1.00. The van der Waals surface area contributed by atoms with Gasteiger partial charge < -0.3 is 5.11 Å². The molecule has 66 valence electrons. The van der Waals surface area contributed by atoms with Crippen molar-refractivity contribution in [2.24, 2.45) is 5.92 Å².